The number of hydrogen-bond donors (Lipinski definition) is 2. The fourth-order valence-electron chi connectivity index (χ4n) is 3.51. The van der Waals surface area contributed by atoms with E-state index in [4.69, 9.17) is 18.9 Å². The summed E-state index contributed by atoms with van der Waals surface area (Å²) in [5.74, 6) is -0.171. The summed E-state index contributed by atoms with van der Waals surface area (Å²) in [7, 11) is 0. The van der Waals surface area contributed by atoms with Gasteiger partial charge in [0.05, 0.1) is 0 Å². The van der Waals surface area contributed by atoms with Gasteiger partial charge in [-0.2, -0.15) is 0 Å². The topological polar surface area (TPSA) is 112 Å². The second-order valence-corrected chi connectivity index (χ2v) is 7.96. The number of rotatable bonds is 9. The molecule has 2 N–H and O–H groups in total. The minimum Gasteiger partial charge on any atom is -0.486 e. The van der Waals surface area contributed by atoms with Crippen molar-refractivity contribution in [2.75, 3.05) is 25.1 Å². The first-order valence-electron chi connectivity index (χ1n) is 11.4. The van der Waals surface area contributed by atoms with Crippen molar-refractivity contribution in [3.8, 4) is 11.5 Å². The predicted molar refractivity (Wildman–Crippen MR) is 131 cm³/mol. The van der Waals surface area contributed by atoms with E-state index in [1.165, 1.54) is 0 Å². The molecule has 0 bridgehead atoms. The van der Waals surface area contributed by atoms with Crippen LogP contribution in [-0.2, 0) is 32.1 Å². The molecule has 0 saturated heterocycles. The zero-order valence-electron chi connectivity index (χ0n) is 19.5. The highest BCUT2D eigenvalue weighted by molar-refractivity contribution is 5.93. The number of amides is 2. The normalized spacial score (nSPS) is 12.7. The van der Waals surface area contributed by atoms with Crippen LogP contribution < -0.4 is 20.1 Å². The fraction of sp³-hybridized carbons (Fsp3) is 0.222. The van der Waals surface area contributed by atoms with Gasteiger partial charge in [-0.05, 0) is 23.3 Å². The van der Waals surface area contributed by atoms with Crippen LogP contribution >= 0.6 is 0 Å². The first-order chi connectivity index (χ1) is 17.6. The lowest BCUT2D eigenvalue weighted by atomic mass is 10.1. The molecule has 0 radical (unpaired) electrons. The standard InChI is InChI=1S/C27H26N2O7/c30-25(28-21-11-12-23-24(16-21)34-14-13-33-23)18-35-26(31)22(15-19-7-3-1-4-8-19)29-27(32)36-17-20-9-5-2-6-10-20/h1-12,16,22H,13-15,17-18H2,(H,28,30)(H,29,32)/t22-/m0/s1. The van der Waals surface area contributed by atoms with E-state index in [2.05, 4.69) is 10.6 Å². The average molecular weight is 491 g/mol. The zero-order chi connectivity index (χ0) is 25.2. The number of alkyl carbamates (subject to hydrolysis) is 1. The summed E-state index contributed by atoms with van der Waals surface area (Å²) >= 11 is 0. The maximum atomic E-state index is 12.8. The number of nitrogens with one attached hydrogen (secondary N) is 2. The van der Waals surface area contributed by atoms with E-state index >= 15 is 0 Å². The van der Waals surface area contributed by atoms with Gasteiger partial charge in [0, 0.05) is 18.2 Å². The Hall–Kier alpha value is -4.53. The quantitative estimate of drug-likeness (QED) is 0.442. The molecule has 9 nitrogen and oxygen atoms in total. The summed E-state index contributed by atoms with van der Waals surface area (Å²) < 4.78 is 21.4. The molecular weight excluding hydrogens is 464 g/mol. The number of fused-ring (bicyclic) bond motifs is 1. The Balaban J connectivity index is 1.32. The lowest BCUT2D eigenvalue weighted by Crippen LogP contribution is -2.44. The van der Waals surface area contributed by atoms with Crippen molar-refractivity contribution in [1.82, 2.24) is 5.32 Å². The van der Waals surface area contributed by atoms with Gasteiger partial charge in [-0.3, -0.25) is 4.79 Å². The molecule has 3 aromatic carbocycles. The molecule has 0 aliphatic carbocycles. The van der Waals surface area contributed by atoms with E-state index in [1.807, 2.05) is 60.7 Å². The zero-order valence-corrected chi connectivity index (χ0v) is 19.5. The molecule has 1 aliphatic rings. The van der Waals surface area contributed by atoms with E-state index in [-0.39, 0.29) is 13.0 Å². The number of hydrogen-bond acceptors (Lipinski definition) is 7. The molecule has 186 valence electrons. The maximum Gasteiger partial charge on any atom is 0.408 e. The van der Waals surface area contributed by atoms with Crippen molar-refractivity contribution in [3.63, 3.8) is 0 Å². The maximum absolute atomic E-state index is 12.8. The number of ether oxygens (including phenoxy) is 4. The van der Waals surface area contributed by atoms with Crippen LogP contribution in [0.25, 0.3) is 0 Å². The molecule has 1 heterocycles. The van der Waals surface area contributed by atoms with E-state index in [1.54, 1.807) is 18.2 Å². The van der Waals surface area contributed by atoms with Crippen LogP contribution in [0.2, 0.25) is 0 Å². The molecule has 1 aliphatic heterocycles. The van der Waals surface area contributed by atoms with E-state index in [0.717, 1.165) is 11.1 Å². The third-order valence-corrected chi connectivity index (χ3v) is 5.24. The van der Waals surface area contributed by atoms with Gasteiger partial charge >= 0.3 is 12.1 Å². The number of esters is 1. The fourth-order valence-corrected chi connectivity index (χ4v) is 3.51. The van der Waals surface area contributed by atoms with Gasteiger partial charge < -0.3 is 29.6 Å². The van der Waals surface area contributed by atoms with Crippen molar-refractivity contribution in [2.45, 2.75) is 19.1 Å². The third kappa shape index (κ3) is 7.23. The van der Waals surface area contributed by atoms with Gasteiger partial charge in [0.2, 0.25) is 0 Å². The Morgan fingerprint density at radius 2 is 1.47 bits per heavy atom. The van der Waals surface area contributed by atoms with Crippen LogP contribution in [0.1, 0.15) is 11.1 Å². The van der Waals surface area contributed by atoms with Crippen molar-refractivity contribution in [1.29, 1.82) is 0 Å². The third-order valence-electron chi connectivity index (χ3n) is 5.24. The summed E-state index contributed by atoms with van der Waals surface area (Å²) in [5.41, 5.74) is 2.10. The number of carbonyl (C=O) groups is 3. The summed E-state index contributed by atoms with van der Waals surface area (Å²) in [6.07, 6.45) is -0.596. The van der Waals surface area contributed by atoms with E-state index in [9.17, 15) is 14.4 Å². The molecule has 4 rings (SSSR count). The van der Waals surface area contributed by atoms with Crippen molar-refractivity contribution < 1.29 is 33.3 Å². The lowest BCUT2D eigenvalue weighted by molar-refractivity contribution is -0.149. The van der Waals surface area contributed by atoms with Gasteiger partial charge in [-0.1, -0.05) is 60.7 Å². The molecule has 0 aromatic heterocycles. The Kier molecular flexibility index (Phi) is 8.37. The smallest absolute Gasteiger partial charge is 0.408 e. The van der Waals surface area contributed by atoms with Gasteiger partial charge in [0.1, 0.15) is 25.9 Å². The highest BCUT2D eigenvalue weighted by Gasteiger charge is 2.24. The van der Waals surface area contributed by atoms with Crippen LogP contribution in [-0.4, -0.2) is 43.8 Å². The molecular formula is C27H26N2O7. The predicted octanol–water partition coefficient (Wildman–Crippen LogP) is 3.48. The number of carbonyl (C=O) groups excluding carboxylic acids is 3. The van der Waals surface area contributed by atoms with Gasteiger partial charge in [-0.25, -0.2) is 9.59 Å². The molecule has 0 fully saturated rings. The molecule has 0 spiro atoms. The Morgan fingerprint density at radius 1 is 0.806 bits per heavy atom. The Morgan fingerprint density at radius 3 is 2.19 bits per heavy atom. The van der Waals surface area contributed by atoms with Crippen LogP contribution in [0.4, 0.5) is 10.5 Å². The minimum absolute atomic E-state index is 0.0533. The second kappa shape index (κ2) is 12.3. The van der Waals surface area contributed by atoms with Gasteiger partial charge in [0.15, 0.2) is 18.1 Å². The first kappa shape index (κ1) is 24.6. The first-order valence-corrected chi connectivity index (χ1v) is 11.4. The summed E-state index contributed by atoms with van der Waals surface area (Å²) in [4.78, 5) is 37.5. The SMILES string of the molecule is O=C(COC(=O)[C@H](Cc1ccccc1)NC(=O)OCc1ccccc1)Nc1ccc2c(c1)OCCO2. The van der Waals surface area contributed by atoms with Crippen molar-refractivity contribution in [3.05, 3.63) is 90.0 Å². The number of anilines is 1. The van der Waals surface area contributed by atoms with Crippen LogP contribution in [0.3, 0.4) is 0 Å². The molecule has 1 atom stereocenters. The second-order valence-electron chi connectivity index (χ2n) is 7.96. The van der Waals surface area contributed by atoms with Crippen LogP contribution in [0.5, 0.6) is 11.5 Å². The molecule has 9 heteroatoms. The van der Waals surface area contributed by atoms with E-state index < -0.39 is 30.6 Å². The average Bonchev–Trinajstić information content (AvgIpc) is 2.91. The van der Waals surface area contributed by atoms with Crippen molar-refractivity contribution >= 4 is 23.7 Å². The van der Waals surface area contributed by atoms with Gasteiger partial charge in [-0.15, -0.1) is 0 Å². The molecule has 0 saturated carbocycles. The Labute approximate surface area is 208 Å². The summed E-state index contributed by atoms with van der Waals surface area (Å²) in [5, 5.41) is 5.20. The number of benzene rings is 3. The molecule has 3 aromatic rings. The minimum atomic E-state index is -1.04. The lowest BCUT2D eigenvalue weighted by Gasteiger charge is -2.19. The molecule has 2 amide bonds. The Bertz CT molecular complexity index is 1190. The van der Waals surface area contributed by atoms with E-state index in [0.29, 0.717) is 30.4 Å². The summed E-state index contributed by atoms with van der Waals surface area (Å²) in [6.45, 7) is 0.412. The largest absolute Gasteiger partial charge is 0.486 e. The van der Waals surface area contributed by atoms with Gasteiger partial charge in [0.25, 0.3) is 5.91 Å². The van der Waals surface area contributed by atoms with Crippen molar-refractivity contribution in [2.24, 2.45) is 0 Å². The molecule has 36 heavy (non-hydrogen) atoms. The summed E-state index contributed by atoms with van der Waals surface area (Å²) in [6, 6.07) is 22.3. The van der Waals surface area contributed by atoms with Crippen LogP contribution in [0.15, 0.2) is 78.9 Å². The monoisotopic (exact) mass is 490 g/mol. The van der Waals surface area contributed by atoms with Crippen LogP contribution in [0, 0.1) is 0 Å². The highest BCUT2D eigenvalue weighted by atomic mass is 16.6. The molecule has 0 unspecified atom stereocenters. The highest BCUT2D eigenvalue weighted by Crippen LogP contribution is 2.32.